The highest BCUT2D eigenvalue weighted by atomic mass is 16.5. The molecule has 3 nitrogen and oxygen atoms in total. The first kappa shape index (κ1) is 10.7. The average molecular weight is 208 g/mol. The minimum absolute atomic E-state index is 0.393. The molecule has 3 heteroatoms. The lowest BCUT2D eigenvalue weighted by molar-refractivity contribution is 0.0453. The van der Waals surface area contributed by atoms with Crippen LogP contribution < -0.4 is 0 Å². The normalized spacial score (nSPS) is 26.0. The fourth-order valence-electron chi connectivity index (χ4n) is 2.20. The summed E-state index contributed by atoms with van der Waals surface area (Å²) in [5, 5.41) is 0. The van der Waals surface area contributed by atoms with Gasteiger partial charge in [-0.05, 0) is 26.2 Å². The number of hydrogen-bond acceptors (Lipinski definition) is 2. The van der Waals surface area contributed by atoms with Crippen molar-refractivity contribution in [1.29, 1.82) is 0 Å². The average Bonchev–Trinajstić information content (AvgIpc) is 2.78. The second kappa shape index (κ2) is 4.79. The van der Waals surface area contributed by atoms with Gasteiger partial charge in [0, 0.05) is 18.8 Å². The van der Waals surface area contributed by atoms with Crippen molar-refractivity contribution in [2.75, 3.05) is 0 Å². The van der Waals surface area contributed by atoms with Gasteiger partial charge in [0.05, 0.1) is 18.8 Å². The summed E-state index contributed by atoms with van der Waals surface area (Å²) in [4.78, 5) is 4.37. The summed E-state index contributed by atoms with van der Waals surface area (Å²) in [5.41, 5.74) is 0. The summed E-state index contributed by atoms with van der Waals surface area (Å²) in [6.45, 7) is 5.31. The fraction of sp³-hybridized carbons (Fsp3) is 0.750. The van der Waals surface area contributed by atoms with Gasteiger partial charge < -0.3 is 9.30 Å². The summed E-state index contributed by atoms with van der Waals surface area (Å²) in [5.74, 6) is 1.20. The Morgan fingerprint density at radius 1 is 1.53 bits per heavy atom. The molecule has 0 aliphatic carbocycles. The Balaban J connectivity index is 1.95. The molecule has 0 bridgehead atoms. The summed E-state index contributed by atoms with van der Waals surface area (Å²) in [6, 6.07) is 0. The standard InChI is InChI=1S/C12H20N2O/c1-3-4-12-13-7-8-14(12)9-11-6-5-10(2)15-11/h7-8,10-11H,3-6,9H2,1-2H3. The topological polar surface area (TPSA) is 27.1 Å². The van der Waals surface area contributed by atoms with Gasteiger partial charge in [-0.25, -0.2) is 4.98 Å². The molecule has 1 aromatic rings. The summed E-state index contributed by atoms with van der Waals surface area (Å²) < 4.78 is 8.06. The second-order valence-corrected chi connectivity index (χ2v) is 4.39. The molecule has 0 N–H and O–H groups in total. The molecule has 0 amide bonds. The maximum absolute atomic E-state index is 5.82. The van der Waals surface area contributed by atoms with Crippen molar-refractivity contribution < 1.29 is 4.74 Å². The van der Waals surface area contributed by atoms with Crippen LogP contribution in [0, 0.1) is 0 Å². The number of rotatable bonds is 4. The molecule has 1 fully saturated rings. The SMILES string of the molecule is CCCc1nccn1CC1CCC(C)O1. The van der Waals surface area contributed by atoms with Crippen LogP contribution in [0.25, 0.3) is 0 Å². The molecule has 0 spiro atoms. The first-order valence-corrected chi connectivity index (χ1v) is 5.95. The highest BCUT2D eigenvalue weighted by Gasteiger charge is 2.22. The third-order valence-electron chi connectivity index (χ3n) is 3.00. The molecule has 1 aromatic heterocycles. The molecule has 0 radical (unpaired) electrons. The molecule has 1 aliphatic heterocycles. The minimum atomic E-state index is 0.393. The highest BCUT2D eigenvalue weighted by molar-refractivity contribution is 4.93. The van der Waals surface area contributed by atoms with Crippen molar-refractivity contribution in [3.63, 3.8) is 0 Å². The Kier molecular flexibility index (Phi) is 3.41. The van der Waals surface area contributed by atoms with E-state index in [-0.39, 0.29) is 0 Å². The molecule has 1 saturated heterocycles. The number of nitrogens with zero attached hydrogens (tertiary/aromatic N) is 2. The monoisotopic (exact) mass is 208 g/mol. The zero-order valence-electron chi connectivity index (χ0n) is 9.65. The molecule has 0 aromatic carbocycles. The molecule has 15 heavy (non-hydrogen) atoms. The Labute approximate surface area is 91.5 Å². The molecule has 2 unspecified atom stereocenters. The molecule has 2 heterocycles. The van der Waals surface area contributed by atoms with Crippen molar-refractivity contribution in [1.82, 2.24) is 9.55 Å². The van der Waals surface area contributed by atoms with Crippen LogP contribution in [0.3, 0.4) is 0 Å². The van der Waals surface area contributed by atoms with Crippen LogP contribution in [0.2, 0.25) is 0 Å². The Morgan fingerprint density at radius 3 is 3.07 bits per heavy atom. The van der Waals surface area contributed by atoms with E-state index in [2.05, 4.69) is 29.6 Å². The van der Waals surface area contributed by atoms with Crippen LogP contribution in [0.5, 0.6) is 0 Å². The third kappa shape index (κ3) is 2.59. The highest BCUT2D eigenvalue weighted by Crippen LogP contribution is 2.20. The molecule has 0 saturated carbocycles. The van der Waals surface area contributed by atoms with Crippen molar-refractivity contribution in [3.05, 3.63) is 18.2 Å². The van der Waals surface area contributed by atoms with Crippen molar-refractivity contribution in [2.45, 2.75) is 58.3 Å². The van der Waals surface area contributed by atoms with Gasteiger partial charge in [0.2, 0.25) is 0 Å². The Bertz CT molecular complexity index is 308. The fourth-order valence-corrected chi connectivity index (χ4v) is 2.20. The smallest absolute Gasteiger partial charge is 0.108 e. The summed E-state index contributed by atoms with van der Waals surface area (Å²) in [7, 11) is 0. The Hall–Kier alpha value is -0.830. The molecule has 84 valence electrons. The van der Waals surface area contributed by atoms with E-state index in [1.165, 1.54) is 18.7 Å². The van der Waals surface area contributed by atoms with Gasteiger partial charge in [-0.2, -0.15) is 0 Å². The van der Waals surface area contributed by atoms with Gasteiger partial charge in [0.15, 0.2) is 0 Å². The van der Waals surface area contributed by atoms with Gasteiger partial charge in [-0.3, -0.25) is 0 Å². The van der Waals surface area contributed by atoms with Crippen molar-refractivity contribution >= 4 is 0 Å². The number of hydrogen-bond donors (Lipinski definition) is 0. The van der Waals surface area contributed by atoms with Crippen molar-refractivity contribution in [2.24, 2.45) is 0 Å². The van der Waals surface area contributed by atoms with E-state index in [0.717, 1.165) is 19.4 Å². The van der Waals surface area contributed by atoms with E-state index in [4.69, 9.17) is 4.74 Å². The Morgan fingerprint density at radius 2 is 2.40 bits per heavy atom. The van der Waals surface area contributed by atoms with Gasteiger partial charge in [0.1, 0.15) is 5.82 Å². The number of ether oxygens (including phenoxy) is 1. The largest absolute Gasteiger partial charge is 0.373 e. The third-order valence-corrected chi connectivity index (χ3v) is 3.00. The van der Waals surface area contributed by atoms with Gasteiger partial charge in [0.25, 0.3) is 0 Å². The van der Waals surface area contributed by atoms with Crippen molar-refractivity contribution in [3.8, 4) is 0 Å². The maximum atomic E-state index is 5.82. The predicted octanol–water partition coefficient (Wildman–Crippen LogP) is 2.40. The van der Waals surface area contributed by atoms with Gasteiger partial charge in [-0.1, -0.05) is 6.92 Å². The number of aryl methyl sites for hydroxylation is 1. The van der Waals surface area contributed by atoms with E-state index in [9.17, 15) is 0 Å². The lowest BCUT2D eigenvalue weighted by Gasteiger charge is -2.13. The molecular weight excluding hydrogens is 188 g/mol. The van der Waals surface area contributed by atoms with E-state index >= 15 is 0 Å². The van der Waals surface area contributed by atoms with Gasteiger partial charge >= 0.3 is 0 Å². The lowest BCUT2D eigenvalue weighted by atomic mass is 10.2. The van der Waals surface area contributed by atoms with E-state index in [0.29, 0.717) is 12.2 Å². The molecular formula is C12H20N2O. The summed E-state index contributed by atoms with van der Waals surface area (Å²) in [6.07, 6.45) is 9.39. The molecule has 1 aliphatic rings. The maximum Gasteiger partial charge on any atom is 0.108 e. The lowest BCUT2D eigenvalue weighted by Crippen LogP contribution is -2.17. The van der Waals surface area contributed by atoms with E-state index < -0.39 is 0 Å². The van der Waals surface area contributed by atoms with Crippen LogP contribution in [-0.4, -0.2) is 21.8 Å². The molecule has 2 atom stereocenters. The summed E-state index contributed by atoms with van der Waals surface area (Å²) >= 11 is 0. The van der Waals surface area contributed by atoms with Crippen LogP contribution in [0.1, 0.15) is 38.9 Å². The second-order valence-electron chi connectivity index (χ2n) is 4.39. The van der Waals surface area contributed by atoms with E-state index in [1.54, 1.807) is 0 Å². The van der Waals surface area contributed by atoms with Gasteiger partial charge in [-0.15, -0.1) is 0 Å². The first-order chi connectivity index (χ1) is 7.29. The van der Waals surface area contributed by atoms with Crippen LogP contribution in [-0.2, 0) is 17.7 Å². The minimum Gasteiger partial charge on any atom is -0.373 e. The van der Waals surface area contributed by atoms with Crippen LogP contribution in [0.4, 0.5) is 0 Å². The van der Waals surface area contributed by atoms with Crippen LogP contribution in [0.15, 0.2) is 12.4 Å². The zero-order chi connectivity index (χ0) is 10.7. The number of imidazole rings is 1. The zero-order valence-corrected chi connectivity index (χ0v) is 9.65. The molecule has 2 rings (SSSR count). The quantitative estimate of drug-likeness (QED) is 0.759. The first-order valence-electron chi connectivity index (χ1n) is 5.95. The predicted molar refractivity (Wildman–Crippen MR) is 59.8 cm³/mol. The van der Waals surface area contributed by atoms with Crippen LogP contribution >= 0.6 is 0 Å². The number of aromatic nitrogens is 2. The van der Waals surface area contributed by atoms with E-state index in [1.807, 2.05) is 6.20 Å².